The molecule has 6 heteroatoms. The minimum Gasteiger partial charge on any atom is -0.497 e. The normalized spacial score (nSPS) is 18.7. The number of carboxylic acids is 1. The molecule has 0 amide bonds. The van der Waals surface area contributed by atoms with E-state index in [1.54, 1.807) is 19.2 Å². The number of benzene rings is 2. The Bertz CT molecular complexity index is 793. The third-order valence-electron chi connectivity index (χ3n) is 5.08. The van der Waals surface area contributed by atoms with Crippen molar-refractivity contribution in [2.45, 2.75) is 31.3 Å². The zero-order valence-corrected chi connectivity index (χ0v) is 15.5. The van der Waals surface area contributed by atoms with Crippen LogP contribution in [0.2, 0.25) is 0 Å². The molecule has 1 saturated heterocycles. The lowest BCUT2D eigenvalue weighted by molar-refractivity contribution is -0.145. The van der Waals surface area contributed by atoms with E-state index in [9.17, 15) is 14.3 Å². The van der Waals surface area contributed by atoms with Crippen LogP contribution < -0.4 is 9.47 Å². The van der Waals surface area contributed by atoms with Crippen molar-refractivity contribution in [3.63, 3.8) is 0 Å². The molecule has 1 fully saturated rings. The quantitative estimate of drug-likeness (QED) is 0.833. The fourth-order valence-electron chi connectivity index (χ4n) is 3.74. The van der Waals surface area contributed by atoms with Crippen LogP contribution in [0.25, 0.3) is 0 Å². The lowest BCUT2D eigenvalue weighted by atomic mass is 9.91. The Morgan fingerprint density at radius 3 is 2.41 bits per heavy atom. The number of hydrogen-bond acceptors (Lipinski definition) is 4. The topological polar surface area (TPSA) is 59.0 Å². The van der Waals surface area contributed by atoms with Crippen molar-refractivity contribution in [2.24, 2.45) is 0 Å². The van der Waals surface area contributed by atoms with E-state index in [-0.39, 0.29) is 11.8 Å². The predicted molar refractivity (Wildman–Crippen MR) is 99.8 cm³/mol. The molecule has 0 spiro atoms. The fraction of sp³-hybridized carbons (Fsp3) is 0.381. The largest absolute Gasteiger partial charge is 0.497 e. The minimum atomic E-state index is -0.845. The fourth-order valence-corrected chi connectivity index (χ4v) is 3.74. The summed E-state index contributed by atoms with van der Waals surface area (Å²) < 4.78 is 24.6. The van der Waals surface area contributed by atoms with E-state index in [1.807, 2.05) is 29.2 Å². The van der Waals surface area contributed by atoms with Gasteiger partial charge in [-0.1, -0.05) is 24.6 Å². The highest BCUT2D eigenvalue weighted by atomic mass is 19.1. The number of carboxylic acid groups (broad SMARTS) is 1. The predicted octanol–water partition coefficient (Wildman–Crippen LogP) is 3.87. The number of ether oxygens (including phenoxy) is 2. The molecular weight excluding hydrogens is 349 g/mol. The SMILES string of the molecule is COc1ccc(C(c2ccc(OC)c(F)c2)N2CCCCC2C(=O)O)cc1. The summed E-state index contributed by atoms with van der Waals surface area (Å²) in [4.78, 5) is 13.8. The van der Waals surface area contributed by atoms with E-state index in [2.05, 4.69) is 0 Å². The second-order valence-electron chi connectivity index (χ2n) is 6.66. The number of aliphatic carboxylic acids is 1. The molecule has 144 valence electrons. The number of likely N-dealkylation sites (tertiary alicyclic amines) is 1. The van der Waals surface area contributed by atoms with Gasteiger partial charge in [-0.15, -0.1) is 0 Å². The van der Waals surface area contributed by atoms with Gasteiger partial charge in [-0.25, -0.2) is 4.39 Å². The van der Waals surface area contributed by atoms with Crippen LogP contribution in [0, 0.1) is 5.82 Å². The maximum Gasteiger partial charge on any atom is 0.320 e. The molecule has 3 rings (SSSR count). The first kappa shape index (κ1) is 19.2. The molecule has 5 nitrogen and oxygen atoms in total. The van der Waals surface area contributed by atoms with Gasteiger partial charge in [-0.05, 0) is 54.8 Å². The van der Waals surface area contributed by atoms with E-state index in [1.165, 1.54) is 13.2 Å². The molecule has 27 heavy (non-hydrogen) atoms. The van der Waals surface area contributed by atoms with Crippen LogP contribution in [0.3, 0.4) is 0 Å². The van der Waals surface area contributed by atoms with Crippen molar-refractivity contribution in [1.82, 2.24) is 4.90 Å². The molecular formula is C21H24FNO4. The third kappa shape index (κ3) is 4.06. The molecule has 1 N–H and O–H groups in total. The third-order valence-corrected chi connectivity index (χ3v) is 5.08. The molecule has 2 aromatic rings. The van der Waals surface area contributed by atoms with E-state index in [0.29, 0.717) is 24.3 Å². The maximum absolute atomic E-state index is 14.4. The zero-order chi connectivity index (χ0) is 19.4. The van der Waals surface area contributed by atoms with Crippen molar-refractivity contribution >= 4 is 5.97 Å². The second kappa shape index (κ2) is 8.39. The lowest BCUT2D eigenvalue weighted by Gasteiger charge is -2.39. The van der Waals surface area contributed by atoms with Crippen molar-refractivity contribution < 1.29 is 23.8 Å². The lowest BCUT2D eigenvalue weighted by Crippen LogP contribution is -2.46. The van der Waals surface area contributed by atoms with Crippen molar-refractivity contribution in [3.8, 4) is 11.5 Å². The van der Waals surface area contributed by atoms with Crippen LogP contribution in [0.1, 0.15) is 36.4 Å². The number of halogens is 1. The van der Waals surface area contributed by atoms with Crippen LogP contribution >= 0.6 is 0 Å². The van der Waals surface area contributed by atoms with Gasteiger partial charge >= 0.3 is 5.97 Å². The van der Waals surface area contributed by atoms with Gasteiger partial charge in [0.1, 0.15) is 11.8 Å². The Morgan fingerprint density at radius 2 is 1.81 bits per heavy atom. The highest BCUT2D eigenvalue weighted by Crippen LogP contribution is 2.36. The molecule has 0 aliphatic carbocycles. The molecule has 0 saturated carbocycles. The zero-order valence-electron chi connectivity index (χ0n) is 15.5. The number of hydrogen-bond donors (Lipinski definition) is 1. The van der Waals surface area contributed by atoms with Crippen LogP contribution in [-0.2, 0) is 4.79 Å². The monoisotopic (exact) mass is 373 g/mol. The molecule has 0 aromatic heterocycles. The number of carbonyl (C=O) groups is 1. The number of methoxy groups -OCH3 is 2. The maximum atomic E-state index is 14.4. The summed E-state index contributed by atoms with van der Waals surface area (Å²) in [7, 11) is 3.01. The molecule has 0 radical (unpaired) electrons. The van der Waals surface area contributed by atoms with Crippen LogP contribution in [0.5, 0.6) is 11.5 Å². The Hall–Kier alpha value is -2.60. The molecule has 2 unspecified atom stereocenters. The molecule has 2 atom stereocenters. The van der Waals surface area contributed by atoms with Gasteiger partial charge in [-0.3, -0.25) is 9.69 Å². The summed E-state index contributed by atoms with van der Waals surface area (Å²) in [5.41, 5.74) is 1.60. The van der Waals surface area contributed by atoms with Gasteiger partial charge in [0.2, 0.25) is 0 Å². The number of nitrogens with zero attached hydrogens (tertiary/aromatic N) is 1. The first-order valence-corrected chi connectivity index (χ1v) is 9.01. The summed E-state index contributed by atoms with van der Waals surface area (Å²) in [6, 6.07) is 11.3. The minimum absolute atomic E-state index is 0.167. The van der Waals surface area contributed by atoms with Crippen LogP contribution in [0.15, 0.2) is 42.5 Å². The molecule has 1 aliphatic heterocycles. The Kier molecular flexibility index (Phi) is 5.96. The molecule has 1 heterocycles. The summed E-state index contributed by atoms with van der Waals surface area (Å²) in [6.45, 7) is 0.640. The van der Waals surface area contributed by atoms with Crippen molar-refractivity contribution in [3.05, 3.63) is 59.4 Å². The van der Waals surface area contributed by atoms with Gasteiger partial charge in [0, 0.05) is 0 Å². The molecule has 2 aromatic carbocycles. The van der Waals surface area contributed by atoms with Crippen LogP contribution in [-0.4, -0.2) is 42.8 Å². The summed E-state index contributed by atoms with van der Waals surface area (Å²) in [5.74, 6) is -0.424. The standard InChI is InChI=1S/C21H24FNO4/c1-26-16-9-6-14(7-10-16)20(15-8-11-19(27-2)17(22)13-15)23-12-4-3-5-18(23)21(24)25/h6-11,13,18,20H,3-5,12H2,1-2H3,(H,24,25). The number of piperidine rings is 1. The summed E-state index contributed by atoms with van der Waals surface area (Å²) >= 11 is 0. The molecule has 0 bridgehead atoms. The van der Waals surface area contributed by atoms with E-state index in [0.717, 1.165) is 18.4 Å². The average Bonchev–Trinajstić information content (AvgIpc) is 2.69. The van der Waals surface area contributed by atoms with Gasteiger partial charge in [0.05, 0.1) is 20.3 Å². The van der Waals surface area contributed by atoms with Gasteiger partial charge < -0.3 is 14.6 Å². The van der Waals surface area contributed by atoms with Crippen molar-refractivity contribution in [2.75, 3.05) is 20.8 Å². The first-order valence-electron chi connectivity index (χ1n) is 9.01. The highest BCUT2D eigenvalue weighted by Gasteiger charge is 2.35. The Balaban J connectivity index is 2.07. The van der Waals surface area contributed by atoms with Crippen molar-refractivity contribution in [1.29, 1.82) is 0 Å². The first-order chi connectivity index (χ1) is 13.0. The van der Waals surface area contributed by atoms with Gasteiger partial charge in [-0.2, -0.15) is 0 Å². The van der Waals surface area contributed by atoms with E-state index >= 15 is 0 Å². The Labute approximate surface area is 158 Å². The van der Waals surface area contributed by atoms with Gasteiger partial charge in [0.25, 0.3) is 0 Å². The van der Waals surface area contributed by atoms with Crippen LogP contribution in [0.4, 0.5) is 4.39 Å². The highest BCUT2D eigenvalue weighted by molar-refractivity contribution is 5.73. The van der Waals surface area contributed by atoms with Gasteiger partial charge in [0.15, 0.2) is 11.6 Å². The van der Waals surface area contributed by atoms with E-state index < -0.39 is 17.8 Å². The average molecular weight is 373 g/mol. The summed E-state index contributed by atoms with van der Waals surface area (Å²) in [5, 5.41) is 9.71. The summed E-state index contributed by atoms with van der Waals surface area (Å²) in [6.07, 6.45) is 2.37. The Morgan fingerprint density at radius 1 is 1.11 bits per heavy atom. The van der Waals surface area contributed by atoms with E-state index in [4.69, 9.17) is 9.47 Å². The smallest absolute Gasteiger partial charge is 0.320 e. The number of rotatable bonds is 6. The molecule has 1 aliphatic rings. The second-order valence-corrected chi connectivity index (χ2v) is 6.66.